The normalized spacial score (nSPS) is 11.5. The van der Waals surface area contributed by atoms with E-state index in [1.54, 1.807) is 18.2 Å². The molecule has 0 saturated carbocycles. The Morgan fingerprint density at radius 2 is 2.47 bits per heavy atom. The molecule has 2 N–H and O–H groups in total. The highest BCUT2D eigenvalue weighted by Crippen LogP contribution is 2.08. The number of aliphatic carboxylic acids is 1. The summed E-state index contributed by atoms with van der Waals surface area (Å²) in [7, 11) is 1.51. The number of carboxylic acid groups (broad SMARTS) is 1. The van der Waals surface area contributed by atoms with Gasteiger partial charge in [-0.15, -0.1) is 0 Å². The predicted octanol–water partition coefficient (Wildman–Crippen LogP) is 0.855. The SMILES string of the molecule is COCCC(Nc1cccc(C#N)n1)C(=O)O. The van der Waals surface area contributed by atoms with Crippen LogP contribution in [-0.4, -0.2) is 35.8 Å². The number of nitrogens with one attached hydrogen (secondary N) is 1. The molecule has 1 rings (SSSR count). The molecule has 0 bridgehead atoms. The number of anilines is 1. The molecule has 6 heteroatoms. The number of methoxy groups -OCH3 is 1. The largest absolute Gasteiger partial charge is 0.480 e. The quantitative estimate of drug-likeness (QED) is 0.759. The van der Waals surface area contributed by atoms with Crippen molar-refractivity contribution in [3.8, 4) is 6.07 Å². The third-order valence-corrected chi connectivity index (χ3v) is 2.09. The number of aromatic nitrogens is 1. The van der Waals surface area contributed by atoms with Gasteiger partial charge in [-0.05, 0) is 12.1 Å². The van der Waals surface area contributed by atoms with Crippen molar-refractivity contribution in [2.75, 3.05) is 19.0 Å². The maximum Gasteiger partial charge on any atom is 0.326 e. The molecule has 0 aliphatic carbocycles. The van der Waals surface area contributed by atoms with Gasteiger partial charge in [0.1, 0.15) is 23.6 Å². The molecule has 17 heavy (non-hydrogen) atoms. The Balaban J connectivity index is 2.72. The topological polar surface area (TPSA) is 95.2 Å². The maximum absolute atomic E-state index is 11.0. The third-order valence-electron chi connectivity index (χ3n) is 2.09. The average molecular weight is 235 g/mol. The molecule has 1 unspecified atom stereocenters. The van der Waals surface area contributed by atoms with Crippen LogP contribution in [0.15, 0.2) is 18.2 Å². The zero-order valence-electron chi connectivity index (χ0n) is 9.38. The summed E-state index contributed by atoms with van der Waals surface area (Å²) in [5.41, 5.74) is 0.242. The van der Waals surface area contributed by atoms with Gasteiger partial charge in [0.2, 0.25) is 0 Å². The van der Waals surface area contributed by atoms with Gasteiger partial charge >= 0.3 is 5.97 Å². The monoisotopic (exact) mass is 235 g/mol. The summed E-state index contributed by atoms with van der Waals surface area (Å²) in [6.45, 7) is 0.335. The number of hydrogen-bond donors (Lipinski definition) is 2. The standard InChI is InChI=1S/C11H13N3O3/c1-17-6-5-9(11(15)16)14-10-4-2-3-8(7-12)13-10/h2-4,9H,5-6H2,1H3,(H,13,14)(H,15,16). The van der Waals surface area contributed by atoms with E-state index in [2.05, 4.69) is 10.3 Å². The third kappa shape index (κ3) is 4.09. The lowest BCUT2D eigenvalue weighted by molar-refractivity contribution is -0.138. The summed E-state index contributed by atoms with van der Waals surface area (Å²) in [4.78, 5) is 14.9. The van der Waals surface area contributed by atoms with Crippen LogP contribution < -0.4 is 5.32 Å². The molecule has 0 saturated heterocycles. The fraction of sp³-hybridized carbons (Fsp3) is 0.364. The lowest BCUT2D eigenvalue weighted by atomic mass is 10.2. The van der Waals surface area contributed by atoms with Crippen molar-refractivity contribution in [1.82, 2.24) is 4.98 Å². The van der Waals surface area contributed by atoms with E-state index in [0.717, 1.165) is 0 Å². The molecular weight excluding hydrogens is 222 g/mol. The van der Waals surface area contributed by atoms with E-state index in [-0.39, 0.29) is 5.69 Å². The first-order valence-corrected chi connectivity index (χ1v) is 5.03. The second kappa shape index (κ2) is 6.45. The van der Waals surface area contributed by atoms with E-state index < -0.39 is 12.0 Å². The van der Waals surface area contributed by atoms with Crippen LogP contribution in [0.25, 0.3) is 0 Å². The molecule has 0 amide bonds. The Morgan fingerprint density at radius 1 is 1.71 bits per heavy atom. The zero-order chi connectivity index (χ0) is 12.7. The first kappa shape index (κ1) is 12.9. The number of carbonyl (C=O) groups is 1. The number of ether oxygens (including phenoxy) is 1. The Labute approximate surface area is 98.9 Å². The second-order valence-corrected chi connectivity index (χ2v) is 3.34. The van der Waals surface area contributed by atoms with E-state index in [0.29, 0.717) is 18.8 Å². The molecule has 1 atom stereocenters. The molecule has 1 aromatic rings. The number of nitriles is 1. The van der Waals surface area contributed by atoms with Crippen molar-refractivity contribution in [3.63, 3.8) is 0 Å². The van der Waals surface area contributed by atoms with Crippen LogP contribution >= 0.6 is 0 Å². The van der Waals surface area contributed by atoms with Crippen molar-refractivity contribution >= 4 is 11.8 Å². The van der Waals surface area contributed by atoms with Gasteiger partial charge < -0.3 is 15.2 Å². The molecule has 1 aromatic heterocycles. The molecular formula is C11H13N3O3. The van der Waals surface area contributed by atoms with Crippen LogP contribution in [0.4, 0.5) is 5.82 Å². The van der Waals surface area contributed by atoms with Crippen LogP contribution in [-0.2, 0) is 9.53 Å². The Bertz CT molecular complexity index is 428. The minimum absolute atomic E-state index is 0.242. The van der Waals surface area contributed by atoms with E-state index in [1.807, 2.05) is 6.07 Å². The number of pyridine rings is 1. The molecule has 0 aliphatic heterocycles. The average Bonchev–Trinajstić information content (AvgIpc) is 2.34. The molecule has 1 heterocycles. The zero-order valence-corrected chi connectivity index (χ0v) is 9.38. The smallest absolute Gasteiger partial charge is 0.326 e. The first-order chi connectivity index (χ1) is 8.17. The fourth-order valence-corrected chi connectivity index (χ4v) is 1.25. The van der Waals surface area contributed by atoms with Crippen LogP contribution in [0.2, 0.25) is 0 Å². The number of rotatable bonds is 6. The van der Waals surface area contributed by atoms with Gasteiger partial charge in [0.05, 0.1) is 0 Å². The van der Waals surface area contributed by atoms with Gasteiger partial charge in [0, 0.05) is 20.1 Å². The second-order valence-electron chi connectivity index (χ2n) is 3.34. The molecule has 0 radical (unpaired) electrons. The summed E-state index contributed by atoms with van der Waals surface area (Å²) < 4.78 is 4.83. The molecule has 90 valence electrons. The predicted molar refractivity (Wildman–Crippen MR) is 60.5 cm³/mol. The summed E-state index contributed by atoms with van der Waals surface area (Å²) in [6, 6.07) is 5.92. The highest BCUT2D eigenvalue weighted by molar-refractivity contribution is 5.76. The molecule has 0 spiro atoms. The highest BCUT2D eigenvalue weighted by atomic mass is 16.5. The first-order valence-electron chi connectivity index (χ1n) is 5.03. The van der Waals surface area contributed by atoms with Crippen LogP contribution in [0.5, 0.6) is 0 Å². The van der Waals surface area contributed by atoms with Gasteiger partial charge in [0.15, 0.2) is 0 Å². The van der Waals surface area contributed by atoms with Crippen LogP contribution in [0.1, 0.15) is 12.1 Å². The van der Waals surface area contributed by atoms with Crippen molar-refractivity contribution in [1.29, 1.82) is 5.26 Å². The Hall–Kier alpha value is -2.13. The Morgan fingerprint density at radius 3 is 3.06 bits per heavy atom. The van der Waals surface area contributed by atoms with E-state index in [1.165, 1.54) is 7.11 Å². The van der Waals surface area contributed by atoms with Gasteiger partial charge in [-0.3, -0.25) is 0 Å². The number of nitrogens with zero attached hydrogens (tertiary/aromatic N) is 2. The summed E-state index contributed by atoms with van der Waals surface area (Å²) in [5, 5.41) is 20.4. The lowest BCUT2D eigenvalue weighted by Gasteiger charge is -2.14. The summed E-state index contributed by atoms with van der Waals surface area (Å²) >= 11 is 0. The molecule has 0 aromatic carbocycles. The van der Waals surface area contributed by atoms with E-state index >= 15 is 0 Å². The molecule has 6 nitrogen and oxygen atoms in total. The number of carboxylic acids is 1. The Kier molecular flexibility index (Phi) is 4.91. The molecule has 0 aliphatic rings. The highest BCUT2D eigenvalue weighted by Gasteiger charge is 2.17. The van der Waals surface area contributed by atoms with Gasteiger partial charge in [-0.25, -0.2) is 9.78 Å². The summed E-state index contributed by atoms with van der Waals surface area (Å²) in [5.74, 6) is -0.612. The minimum Gasteiger partial charge on any atom is -0.480 e. The molecule has 0 fully saturated rings. The van der Waals surface area contributed by atoms with E-state index in [4.69, 9.17) is 15.1 Å². The van der Waals surface area contributed by atoms with Crippen molar-refractivity contribution in [2.45, 2.75) is 12.5 Å². The maximum atomic E-state index is 11.0. The number of hydrogen-bond acceptors (Lipinski definition) is 5. The summed E-state index contributed by atoms with van der Waals surface area (Å²) in [6.07, 6.45) is 0.324. The van der Waals surface area contributed by atoms with Gasteiger partial charge in [-0.2, -0.15) is 5.26 Å². The van der Waals surface area contributed by atoms with Gasteiger partial charge in [0.25, 0.3) is 0 Å². The van der Waals surface area contributed by atoms with Crippen LogP contribution in [0, 0.1) is 11.3 Å². The minimum atomic E-state index is -0.980. The van der Waals surface area contributed by atoms with E-state index in [9.17, 15) is 4.79 Å². The fourth-order valence-electron chi connectivity index (χ4n) is 1.25. The van der Waals surface area contributed by atoms with Crippen molar-refractivity contribution in [3.05, 3.63) is 23.9 Å². The van der Waals surface area contributed by atoms with Crippen molar-refractivity contribution in [2.24, 2.45) is 0 Å². The van der Waals surface area contributed by atoms with Crippen LogP contribution in [0.3, 0.4) is 0 Å². The lowest BCUT2D eigenvalue weighted by Crippen LogP contribution is -2.30. The van der Waals surface area contributed by atoms with Gasteiger partial charge in [-0.1, -0.05) is 6.07 Å². The van der Waals surface area contributed by atoms with Crippen molar-refractivity contribution < 1.29 is 14.6 Å².